The first-order valence-electron chi connectivity index (χ1n) is 4.22. The minimum atomic E-state index is 0.532. The largest absolute Gasteiger partial charge is 0.471 e. The van der Waals surface area contributed by atoms with Crippen LogP contribution in [0.1, 0.15) is 5.56 Å². The molecule has 0 saturated carbocycles. The number of ether oxygens (including phenoxy) is 1. The first kappa shape index (κ1) is 9.27. The molecule has 0 atom stereocenters. The molecular weight excluding hydrogens is 244 g/mol. The maximum Gasteiger partial charge on any atom is 0.247 e. The minimum Gasteiger partial charge on any atom is -0.471 e. The summed E-state index contributed by atoms with van der Waals surface area (Å²) < 4.78 is 6.31. The third-order valence-electron chi connectivity index (χ3n) is 1.78. The predicted octanol–water partition coefficient (Wildman–Crippen LogP) is 2.75. The third kappa shape index (κ3) is 2.14. The molecule has 0 aliphatic carbocycles. The van der Waals surface area contributed by atoms with Crippen molar-refractivity contribution in [3.8, 4) is 5.88 Å². The zero-order valence-electron chi connectivity index (χ0n) is 7.40. The number of halogens is 1. The van der Waals surface area contributed by atoms with Gasteiger partial charge in [-0.3, -0.25) is 5.10 Å². The van der Waals surface area contributed by atoms with E-state index in [9.17, 15) is 0 Å². The van der Waals surface area contributed by atoms with E-state index in [1.807, 2.05) is 30.3 Å². The molecule has 14 heavy (non-hydrogen) atoms. The number of aromatic amines is 1. The lowest BCUT2D eigenvalue weighted by Crippen LogP contribution is -1.95. The topological polar surface area (TPSA) is 37.9 Å². The van der Waals surface area contributed by atoms with Gasteiger partial charge in [-0.15, -0.1) is 5.10 Å². The molecule has 0 aliphatic rings. The van der Waals surface area contributed by atoms with Crippen LogP contribution < -0.4 is 4.74 Å². The van der Waals surface area contributed by atoms with Crippen molar-refractivity contribution in [3.63, 3.8) is 0 Å². The Kier molecular flexibility index (Phi) is 2.84. The SMILES string of the molecule is Brc1c[nH]nc1OCc1ccccc1. The average Bonchev–Trinajstić information content (AvgIpc) is 2.63. The fourth-order valence-corrected chi connectivity index (χ4v) is 1.40. The second kappa shape index (κ2) is 4.28. The molecule has 0 bridgehead atoms. The van der Waals surface area contributed by atoms with Crippen LogP contribution >= 0.6 is 15.9 Å². The van der Waals surface area contributed by atoms with Crippen molar-refractivity contribution >= 4 is 15.9 Å². The Morgan fingerprint density at radius 3 is 2.71 bits per heavy atom. The highest BCUT2D eigenvalue weighted by molar-refractivity contribution is 9.10. The highest BCUT2D eigenvalue weighted by Gasteiger charge is 2.02. The number of rotatable bonds is 3. The van der Waals surface area contributed by atoms with E-state index in [0.717, 1.165) is 10.0 Å². The van der Waals surface area contributed by atoms with Crippen LogP contribution in [-0.4, -0.2) is 10.2 Å². The van der Waals surface area contributed by atoms with Crippen LogP contribution in [0.3, 0.4) is 0 Å². The van der Waals surface area contributed by atoms with E-state index in [-0.39, 0.29) is 0 Å². The van der Waals surface area contributed by atoms with E-state index < -0.39 is 0 Å². The van der Waals surface area contributed by atoms with Crippen molar-refractivity contribution in [2.75, 3.05) is 0 Å². The Morgan fingerprint density at radius 2 is 2.07 bits per heavy atom. The standard InChI is InChI=1S/C10H9BrN2O/c11-9-6-12-13-10(9)14-7-8-4-2-1-3-5-8/h1-6H,7H2,(H,12,13). The Morgan fingerprint density at radius 1 is 1.29 bits per heavy atom. The molecule has 1 heterocycles. The highest BCUT2D eigenvalue weighted by Crippen LogP contribution is 2.21. The number of nitrogens with zero attached hydrogens (tertiary/aromatic N) is 1. The quantitative estimate of drug-likeness (QED) is 0.913. The maximum atomic E-state index is 5.47. The van der Waals surface area contributed by atoms with Gasteiger partial charge in [0, 0.05) is 6.20 Å². The Balaban J connectivity index is 1.99. The molecule has 3 nitrogen and oxygen atoms in total. The van der Waals surface area contributed by atoms with Crippen LogP contribution in [-0.2, 0) is 6.61 Å². The van der Waals surface area contributed by atoms with Crippen LogP contribution in [0.5, 0.6) is 5.88 Å². The summed E-state index contributed by atoms with van der Waals surface area (Å²) in [5.41, 5.74) is 1.13. The summed E-state index contributed by atoms with van der Waals surface area (Å²) in [5.74, 6) is 0.592. The van der Waals surface area contributed by atoms with Gasteiger partial charge in [-0.1, -0.05) is 30.3 Å². The van der Waals surface area contributed by atoms with Crippen molar-refractivity contribution in [3.05, 3.63) is 46.6 Å². The monoisotopic (exact) mass is 252 g/mol. The van der Waals surface area contributed by atoms with E-state index in [1.165, 1.54) is 0 Å². The van der Waals surface area contributed by atoms with Crippen molar-refractivity contribution in [2.45, 2.75) is 6.61 Å². The molecule has 2 aromatic rings. The van der Waals surface area contributed by atoms with Crippen molar-refractivity contribution in [1.29, 1.82) is 0 Å². The number of aromatic nitrogens is 2. The normalized spacial score (nSPS) is 10.1. The summed E-state index contributed by atoms with van der Waals surface area (Å²) in [6.45, 7) is 0.532. The van der Waals surface area contributed by atoms with E-state index >= 15 is 0 Å². The van der Waals surface area contributed by atoms with Gasteiger partial charge in [-0.05, 0) is 21.5 Å². The summed E-state index contributed by atoms with van der Waals surface area (Å²) in [4.78, 5) is 0. The van der Waals surface area contributed by atoms with Gasteiger partial charge in [0.1, 0.15) is 6.61 Å². The second-order valence-corrected chi connectivity index (χ2v) is 3.67. The molecule has 0 spiro atoms. The molecule has 0 radical (unpaired) electrons. The molecular formula is C10H9BrN2O. The lowest BCUT2D eigenvalue weighted by molar-refractivity contribution is 0.291. The molecule has 1 aromatic carbocycles. The maximum absolute atomic E-state index is 5.47. The van der Waals surface area contributed by atoms with Gasteiger partial charge < -0.3 is 4.74 Å². The molecule has 72 valence electrons. The molecule has 1 N–H and O–H groups in total. The first-order valence-corrected chi connectivity index (χ1v) is 5.01. The Labute approximate surface area is 90.2 Å². The number of hydrogen-bond donors (Lipinski definition) is 1. The summed E-state index contributed by atoms with van der Waals surface area (Å²) >= 11 is 3.32. The van der Waals surface area contributed by atoms with E-state index in [4.69, 9.17) is 4.74 Å². The van der Waals surface area contributed by atoms with E-state index in [1.54, 1.807) is 6.20 Å². The molecule has 0 saturated heterocycles. The minimum absolute atomic E-state index is 0.532. The molecule has 1 aromatic heterocycles. The summed E-state index contributed by atoms with van der Waals surface area (Å²) in [6.07, 6.45) is 1.74. The zero-order chi connectivity index (χ0) is 9.80. The van der Waals surface area contributed by atoms with Gasteiger partial charge in [0.2, 0.25) is 5.88 Å². The van der Waals surface area contributed by atoms with Gasteiger partial charge in [-0.2, -0.15) is 0 Å². The molecule has 4 heteroatoms. The fraction of sp³-hybridized carbons (Fsp3) is 0.100. The predicted molar refractivity (Wildman–Crippen MR) is 57.1 cm³/mol. The van der Waals surface area contributed by atoms with Crippen LogP contribution in [0, 0.1) is 0 Å². The fourth-order valence-electron chi connectivity index (χ4n) is 1.09. The smallest absolute Gasteiger partial charge is 0.247 e. The first-order chi connectivity index (χ1) is 6.86. The zero-order valence-corrected chi connectivity index (χ0v) is 8.99. The number of nitrogens with one attached hydrogen (secondary N) is 1. The highest BCUT2D eigenvalue weighted by atomic mass is 79.9. The Bertz CT molecular complexity index is 400. The van der Waals surface area contributed by atoms with Crippen LogP contribution in [0.25, 0.3) is 0 Å². The van der Waals surface area contributed by atoms with Gasteiger partial charge in [0.15, 0.2) is 0 Å². The summed E-state index contributed by atoms with van der Waals surface area (Å²) in [6, 6.07) is 9.98. The number of hydrogen-bond acceptors (Lipinski definition) is 2. The Hall–Kier alpha value is -1.29. The van der Waals surface area contributed by atoms with E-state index in [2.05, 4.69) is 26.1 Å². The van der Waals surface area contributed by atoms with Gasteiger partial charge >= 0.3 is 0 Å². The second-order valence-electron chi connectivity index (χ2n) is 2.81. The molecule has 0 amide bonds. The average molecular weight is 253 g/mol. The summed E-state index contributed by atoms with van der Waals surface area (Å²) in [5, 5.41) is 6.65. The third-order valence-corrected chi connectivity index (χ3v) is 2.35. The molecule has 0 fully saturated rings. The lowest BCUT2D eigenvalue weighted by Gasteiger charge is -2.02. The molecule has 2 rings (SSSR count). The number of benzene rings is 1. The van der Waals surface area contributed by atoms with Gasteiger partial charge in [-0.25, -0.2) is 0 Å². The van der Waals surface area contributed by atoms with Gasteiger partial charge in [0.25, 0.3) is 0 Å². The number of H-pyrrole nitrogens is 1. The van der Waals surface area contributed by atoms with Crippen LogP contribution in [0.15, 0.2) is 41.0 Å². The molecule has 0 aliphatic heterocycles. The van der Waals surface area contributed by atoms with Crippen LogP contribution in [0.4, 0.5) is 0 Å². The lowest BCUT2D eigenvalue weighted by atomic mass is 10.2. The van der Waals surface area contributed by atoms with Crippen molar-refractivity contribution in [2.24, 2.45) is 0 Å². The van der Waals surface area contributed by atoms with Crippen molar-refractivity contribution < 1.29 is 4.74 Å². The molecule has 0 unspecified atom stereocenters. The van der Waals surface area contributed by atoms with Crippen LogP contribution in [0.2, 0.25) is 0 Å². The van der Waals surface area contributed by atoms with E-state index in [0.29, 0.717) is 12.5 Å². The van der Waals surface area contributed by atoms with Gasteiger partial charge in [0.05, 0.1) is 4.47 Å². The summed E-state index contributed by atoms with van der Waals surface area (Å²) in [7, 11) is 0. The van der Waals surface area contributed by atoms with Crippen molar-refractivity contribution in [1.82, 2.24) is 10.2 Å².